The molecule has 86 valence electrons. The zero-order valence-corrected chi connectivity index (χ0v) is 9.39. The van der Waals surface area contributed by atoms with Gasteiger partial charge in [0.15, 0.2) is 0 Å². The van der Waals surface area contributed by atoms with Crippen LogP contribution in [-0.4, -0.2) is 29.0 Å². The van der Waals surface area contributed by atoms with E-state index in [1.165, 1.54) is 0 Å². The number of nitrogens with two attached hydrogens (primary N) is 1. The van der Waals surface area contributed by atoms with Crippen LogP contribution in [0.2, 0.25) is 0 Å². The van der Waals surface area contributed by atoms with E-state index in [9.17, 15) is 4.79 Å². The van der Waals surface area contributed by atoms with Crippen molar-refractivity contribution in [1.82, 2.24) is 9.97 Å². The summed E-state index contributed by atoms with van der Waals surface area (Å²) in [7, 11) is 0. The number of aromatic nitrogens is 2. The Hall–Kier alpha value is -1.65. The lowest BCUT2D eigenvalue weighted by atomic mass is 9.81. The summed E-state index contributed by atoms with van der Waals surface area (Å²) in [4.78, 5) is 21.8. The average molecular weight is 220 g/mol. The van der Waals surface area contributed by atoms with Crippen LogP contribution in [0.4, 0.5) is 5.82 Å². The molecule has 0 bridgehead atoms. The standard InChI is InChI=1S/C11H16N4O/c1-11(10(12)16)3-2-6-15(8-11)9-7-13-4-5-14-9/h4-5,7H,2-3,6,8H2,1H3,(H2,12,16). The van der Waals surface area contributed by atoms with Gasteiger partial charge in [-0.2, -0.15) is 0 Å². The van der Waals surface area contributed by atoms with Crippen molar-refractivity contribution in [2.24, 2.45) is 11.1 Å². The van der Waals surface area contributed by atoms with Gasteiger partial charge in [0, 0.05) is 25.5 Å². The van der Waals surface area contributed by atoms with Crippen LogP contribution in [0.5, 0.6) is 0 Å². The van der Waals surface area contributed by atoms with E-state index in [1.54, 1.807) is 18.6 Å². The van der Waals surface area contributed by atoms with Crippen LogP contribution in [0.1, 0.15) is 19.8 Å². The Kier molecular flexibility index (Phi) is 2.77. The lowest BCUT2D eigenvalue weighted by Gasteiger charge is -2.38. The number of amides is 1. The molecule has 1 aliphatic rings. The Labute approximate surface area is 94.7 Å². The minimum absolute atomic E-state index is 0.235. The van der Waals surface area contributed by atoms with Gasteiger partial charge < -0.3 is 10.6 Å². The van der Waals surface area contributed by atoms with Crippen LogP contribution in [0, 0.1) is 5.41 Å². The van der Waals surface area contributed by atoms with Crippen molar-refractivity contribution in [2.45, 2.75) is 19.8 Å². The monoisotopic (exact) mass is 220 g/mol. The topological polar surface area (TPSA) is 72.1 Å². The molecule has 1 aromatic rings. The van der Waals surface area contributed by atoms with Crippen molar-refractivity contribution >= 4 is 11.7 Å². The highest BCUT2D eigenvalue weighted by Crippen LogP contribution is 2.30. The molecule has 16 heavy (non-hydrogen) atoms. The number of nitrogens with zero attached hydrogens (tertiary/aromatic N) is 3. The van der Waals surface area contributed by atoms with Crippen molar-refractivity contribution in [1.29, 1.82) is 0 Å². The fourth-order valence-electron chi connectivity index (χ4n) is 2.09. The smallest absolute Gasteiger partial charge is 0.225 e. The number of hydrogen-bond acceptors (Lipinski definition) is 4. The molecule has 1 saturated heterocycles. The SMILES string of the molecule is CC1(C(N)=O)CCCN(c2cnccn2)C1. The molecule has 1 atom stereocenters. The quantitative estimate of drug-likeness (QED) is 0.790. The molecule has 2 heterocycles. The van der Waals surface area contributed by atoms with Crippen molar-refractivity contribution in [2.75, 3.05) is 18.0 Å². The van der Waals surface area contributed by atoms with Crippen molar-refractivity contribution in [3.8, 4) is 0 Å². The van der Waals surface area contributed by atoms with Gasteiger partial charge in [-0.25, -0.2) is 4.98 Å². The first-order valence-electron chi connectivity index (χ1n) is 5.43. The molecular formula is C11H16N4O. The maximum absolute atomic E-state index is 11.4. The summed E-state index contributed by atoms with van der Waals surface area (Å²) < 4.78 is 0. The molecule has 0 radical (unpaired) electrons. The number of anilines is 1. The van der Waals surface area contributed by atoms with E-state index in [4.69, 9.17) is 5.73 Å². The van der Waals surface area contributed by atoms with E-state index in [2.05, 4.69) is 14.9 Å². The Morgan fingerprint density at radius 3 is 3.00 bits per heavy atom. The van der Waals surface area contributed by atoms with Gasteiger partial charge in [0.1, 0.15) is 5.82 Å². The summed E-state index contributed by atoms with van der Waals surface area (Å²) >= 11 is 0. The molecule has 0 spiro atoms. The fourth-order valence-corrected chi connectivity index (χ4v) is 2.09. The zero-order valence-electron chi connectivity index (χ0n) is 9.39. The van der Waals surface area contributed by atoms with Crippen molar-refractivity contribution in [3.63, 3.8) is 0 Å². The first-order chi connectivity index (χ1) is 7.62. The van der Waals surface area contributed by atoms with Gasteiger partial charge in [-0.1, -0.05) is 0 Å². The maximum atomic E-state index is 11.4. The van der Waals surface area contributed by atoms with Crippen molar-refractivity contribution < 1.29 is 4.79 Å². The molecule has 1 fully saturated rings. The number of primary amides is 1. The summed E-state index contributed by atoms with van der Waals surface area (Å²) in [5.41, 5.74) is 4.99. The van der Waals surface area contributed by atoms with Gasteiger partial charge in [-0.15, -0.1) is 0 Å². The number of hydrogen-bond donors (Lipinski definition) is 1. The van der Waals surface area contributed by atoms with Crippen LogP contribution >= 0.6 is 0 Å². The van der Waals surface area contributed by atoms with Crippen LogP contribution < -0.4 is 10.6 Å². The Bertz CT molecular complexity index is 381. The van der Waals surface area contributed by atoms with E-state index in [-0.39, 0.29) is 5.91 Å². The first kappa shape index (κ1) is 10.9. The molecule has 5 nitrogen and oxygen atoms in total. The van der Waals surface area contributed by atoms with E-state index in [0.29, 0.717) is 6.54 Å². The zero-order chi connectivity index (χ0) is 11.6. The third kappa shape index (κ3) is 1.98. The molecule has 1 aromatic heterocycles. The highest BCUT2D eigenvalue weighted by molar-refractivity contribution is 5.81. The van der Waals surface area contributed by atoms with Gasteiger partial charge in [-0.05, 0) is 19.8 Å². The van der Waals surface area contributed by atoms with Crippen LogP contribution in [0.25, 0.3) is 0 Å². The number of carbonyl (C=O) groups excluding carboxylic acids is 1. The summed E-state index contributed by atoms with van der Waals surface area (Å²) in [6.07, 6.45) is 6.81. The molecular weight excluding hydrogens is 204 g/mol. The van der Waals surface area contributed by atoms with Crippen molar-refractivity contribution in [3.05, 3.63) is 18.6 Å². The lowest BCUT2D eigenvalue weighted by molar-refractivity contribution is -0.127. The maximum Gasteiger partial charge on any atom is 0.225 e. The Morgan fingerprint density at radius 1 is 1.56 bits per heavy atom. The predicted octanol–water partition coefficient (Wildman–Crippen LogP) is 0.568. The van der Waals surface area contributed by atoms with E-state index < -0.39 is 5.41 Å². The van der Waals surface area contributed by atoms with Gasteiger partial charge in [0.2, 0.25) is 5.91 Å². The summed E-state index contributed by atoms with van der Waals surface area (Å²) in [6.45, 7) is 3.44. The molecule has 2 N–H and O–H groups in total. The minimum Gasteiger partial charge on any atom is -0.369 e. The Morgan fingerprint density at radius 2 is 2.38 bits per heavy atom. The summed E-state index contributed by atoms with van der Waals surface area (Å²) in [5, 5.41) is 0. The number of piperidine rings is 1. The highest BCUT2D eigenvalue weighted by Gasteiger charge is 2.36. The number of carbonyl (C=O) groups is 1. The van der Waals surface area contributed by atoms with Gasteiger partial charge in [0.25, 0.3) is 0 Å². The molecule has 2 rings (SSSR count). The fraction of sp³-hybridized carbons (Fsp3) is 0.545. The largest absolute Gasteiger partial charge is 0.369 e. The second-order valence-corrected chi connectivity index (χ2v) is 4.51. The summed E-state index contributed by atoms with van der Waals surface area (Å²) in [6, 6.07) is 0. The second kappa shape index (κ2) is 4.08. The van der Waals surface area contributed by atoms with E-state index in [0.717, 1.165) is 25.2 Å². The molecule has 0 aliphatic carbocycles. The first-order valence-corrected chi connectivity index (χ1v) is 5.43. The van der Waals surface area contributed by atoms with Crippen LogP contribution in [-0.2, 0) is 4.79 Å². The minimum atomic E-state index is -0.449. The normalized spacial score (nSPS) is 25.4. The van der Waals surface area contributed by atoms with Gasteiger partial charge in [0.05, 0.1) is 11.6 Å². The van der Waals surface area contributed by atoms with E-state index in [1.807, 2.05) is 6.92 Å². The number of rotatable bonds is 2. The van der Waals surface area contributed by atoms with Gasteiger partial charge in [-0.3, -0.25) is 9.78 Å². The molecule has 0 saturated carbocycles. The summed E-state index contributed by atoms with van der Waals surface area (Å²) in [5.74, 6) is 0.579. The third-order valence-corrected chi connectivity index (χ3v) is 3.16. The third-order valence-electron chi connectivity index (χ3n) is 3.16. The predicted molar refractivity (Wildman–Crippen MR) is 60.8 cm³/mol. The molecule has 5 heteroatoms. The van der Waals surface area contributed by atoms with Gasteiger partial charge >= 0.3 is 0 Å². The molecule has 1 unspecified atom stereocenters. The Balaban J connectivity index is 2.17. The van der Waals surface area contributed by atoms with Crippen LogP contribution in [0.3, 0.4) is 0 Å². The molecule has 1 amide bonds. The van der Waals surface area contributed by atoms with Crippen LogP contribution in [0.15, 0.2) is 18.6 Å². The average Bonchev–Trinajstić information content (AvgIpc) is 2.30. The highest BCUT2D eigenvalue weighted by atomic mass is 16.1. The second-order valence-electron chi connectivity index (χ2n) is 4.51. The molecule has 0 aromatic carbocycles. The molecule has 1 aliphatic heterocycles. The van der Waals surface area contributed by atoms with E-state index >= 15 is 0 Å². The lowest BCUT2D eigenvalue weighted by Crippen LogP contribution is -2.49.